The van der Waals surface area contributed by atoms with Gasteiger partial charge in [-0.1, -0.05) is 174 Å². The van der Waals surface area contributed by atoms with E-state index in [4.69, 9.17) is 9.47 Å². The molecule has 0 saturated carbocycles. The van der Waals surface area contributed by atoms with Crippen molar-refractivity contribution in [2.75, 3.05) is 13.2 Å². The smallest absolute Gasteiger partial charge is 0.306 e. The quantitative estimate of drug-likeness (QED) is 0.0384. The number of hydrogen-bond donors (Lipinski definition) is 1. The molecule has 314 valence electrons. The third kappa shape index (κ3) is 43.0. The second kappa shape index (κ2) is 45.7. The number of ether oxygens (including phenoxy) is 2. The van der Waals surface area contributed by atoms with Gasteiger partial charge in [0.25, 0.3) is 0 Å². The van der Waals surface area contributed by atoms with Crippen LogP contribution in [0, 0.1) is 0 Å². The van der Waals surface area contributed by atoms with Gasteiger partial charge in [-0.15, -0.1) is 0 Å². The van der Waals surface area contributed by atoms with E-state index in [0.717, 1.165) is 128 Å². The van der Waals surface area contributed by atoms with Crippen LogP contribution in [-0.4, -0.2) is 36.4 Å². The van der Waals surface area contributed by atoms with Crippen LogP contribution in [0.4, 0.5) is 0 Å². The summed E-state index contributed by atoms with van der Waals surface area (Å²) in [7, 11) is 0. The SMILES string of the molecule is CC/C=C\C/C=C\C/C=C\C/C=C\C/C=C\C/C=C\C/C=C\C/C=C\CCCCCCC(=O)OC(CO)COC(=O)CCCCCCC/C=C\C/C=C\CCC. The minimum Gasteiger partial charge on any atom is -0.462 e. The molecular weight excluding hydrogens is 693 g/mol. The van der Waals surface area contributed by atoms with Crippen molar-refractivity contribution in [1.29, 1.82) is 0 Å². The van der Waals surface area contributed by atoms with E-state index in [1.807, 2.05) is 0 Å². The molecule has 0 amide bonds. The second-order valence-corrected chi connectivity index (χ2v) is 14.0. The Bertz CT molecular complexity index is 1190. The summed E-state index contributed by atoms with van der Waals surface area (Å²) in [6.45, 7) is 3.90. The minimum atomic E-state index is -0.800. The van der Waals surface area contributed by atoms with Crippen LogP contribution < -0.4 is 0 Å². The van der Waals surface area contributed by atoms with Gasteiger partial charge in [-0.3, -0.25) is 9.59 Å². The largest absolute Gasteiger partial charge is 0.462 e. The summed E-state index contributed by atoms with van der Waals surface area (Å²) in [5.74, 6) is -0.650. The normalized spacial score (nSPS) is 13.4. The first-order valence-electron chi connectivity index (χ1n) is 22.1. The zero-order chi connectivity index (χ0) is 40.7. The van der Waals surface area contributed by atoms with Crippen molar-refractivity contribution in [2.24, 2.45) is 0 Å². The lowest BCUT2D eigenvalue weighted by Gasteiger charge is -2.15. The molecule has 0 saturated heterocycles. The lowest BCUT2D eigenvalue weighted by molar-refractivity contribution is -0.161. The summed E-state index contributed by atoms with van der Waals surface area (Å²) in [5.41, 5.74) is 0. The van der Waals surface area contributed by atoms with Crippen LogP contribution in [0.2, 0.25) is 0 Å². The monoisotopic (exact) mass is 773 g/mol. The summed E-state index contributed by atoms with van der Waals surface area (Å²) < 4.78 is 10.6. The number of carbonyl (C=O) groups is 2. The molecule has 0 aromatic heterocycles. The standard InChI is InChI=1S/C51H80O5/c1-3-5-7-9-11-13-15-17-18-19-20-21-22-23-24-25-26-27-28-29-30-31-32-34-36-38-40-42-44-46-51(54)56-49(47-52)48-55-50(53)45-43-41-39-37-35-33-16-14-12-10-8-6-4-2/h5,7-8,10-11,13-14,16-18,20-21,23-24,26-27,29-30,32,34,49,52H,3-4,6,9,12,15,19,22,25,28,31,33,35-48H2,1-2H3/b7-5-,10-8-,13-11-,16-14-,18-17-,21-20-,24-23-,27-26-,30-29-,34-32-. The van der Waals surface area contributed by atoms with Crippen LogP contribution in [0.25, 0.3) is 0 Å². The Morgan fingerprint density at radius 2 is 0.768 bits per heavy atom. The summed E-state index contributed by atoms with van der Waals surface area (Å²) in [5, 5.41) is 9.57. The summed E-state index contributed by atoms with van der Waals surface area (Å²) in [6.07, 6.45) is 67.0. The second-order valence-electron chi connectivity index (χ2n) is 14.0. The van der Waals surface area contributed by atoms with Gasteiger partial charge in [-0.05, 0) is 103 Å². The molecule has 0 aliphatic carbocycles. The van der Waals surface area contributed by atoms with Crippen LogP contribution in [0.5, 0.6) is 0 Å². The van der Waals surface area contributed by atoms with Gasteiger partial charge in [0.2, 0.25) is 0 Å². The molecule has 0 bridgehead atoms. The molecule has 0 aromatic rings. The summed E-state index contributed by atoms with van der Waals surface area (Å²) in [6, 6.07) is 0. The van der Waals surface area contributed by atoms with Gasteiger partial charge in [0, 0.05) is 12.8 Å². The maximum absolute atomic E-state index is 12.2. The third-order valence-electron chi connectivity index (χ3n) is 8.72. The third-order valence-corrected chi connectivity index (χ3v) is 8.72. The fraction of sp³-hybridized carbons (Fsp3) is 0.569. The number of hydrogen-bond acceptors (Lipinski definition) is 5. The van der Waals surface area contributed by atoms with E-state index in [1.54, 1.807) is 0 Å². The molecule has 0 aliphatic rings. The van der Waals surface area contributed by atoms with Gasteiger partial charge < -0.3 is 14.6 Å². The molecule has 0 radical (unpaired) electrons. The van der Waals surface area contributed by atoms with Crippen molar-refractivity contribution in [1.82, 2.24) is 0 Å². The molecule has 5 heteroatoms. The maximum atomic E-state index is 12.2. The fourth-order valence-electron chi connectivity index (χ4n) is 5.43. The number of esters is 2. The Labute approximate surface area is 343 Å². The Balaban J connectivity index is 3.69. The van der Waals surface area contributed by atoms with E-state index >= 15 is 0 Å². The first kappa shape index (κ1) is 52.3. The van der Waals surface area contributed by atoms with E-state index < -0.39 is 6.10 Å². The molecule has 1 unspecified atom stereocenters. The van der Waals surface area contributed by atoms with E-state index in [2.05, 4.69) is 135 Å². The molecule has 1 atom stereocenters. The first-order chi connectivity index (χ1) is 27.6. The van der Waals surface area contributed by atoms with E-state index in [-0.39, 0.29) is 25.2 Å². The van der Waals surface area contributed by atoms with Gasteiger partial charge in [0.1, 0.15) is 6.61 Å². The Morgan fingerprint density at radius 3 is 1.16 bits per heavy atom. The molecule has 0 fully saturated rings. The van der Waals surface area contributed by atoms with E-state index in [0.29, 0.717) is 12.8 Å². The maximum Gasteiger partial charge on any atom is 0.306 e. The number of rotatable bonds is 38. The van der Waals surface area contributed by atoms with Crippen molar-refractivity contribution < 1.29 is 24.2 Å². The van der Waals surface area contributed by atoms with Crippen molar-refractivity contribution >= 4 is 11.9 Å². The molecule has 1 N–H and O–H groups in total. The molecule has 0 aromatic carbocycles. The molecule has 5 nitrogen and oxygen atoms in total. The zero-order valence-electron chi connectivity index (χ0n) is 35.6. The van der Waals surface area contributed by atoms with Crippen LogP contribution in [0.15, 0.2) is 122 Å². The highest BCUT2D eigenvalue weighted by Crippen LogP contribution is 2.11. The molecule has 56 heavy (non-hydrogen) atoms. The van der Waals surface area contributed by atoms with Crippen molar-refractivity contribution in [3.63, 3.8) is 0 Å². The van der Waals surface area contributed by atoms with E-state index in [1.165, 1.54) is 12.8 Å². The highest BCUT2D eigenvalue weighted by Gasteiger charge is 2.16. The van der Waals surface area contributed by atoms with Crippen molar-refractivity contribution in [2.45, 2.75) is 174 Å². The van der Waals surface area contributed by atoms with Gasteiger partial charge >= 0.3 is 11.9 Å². The number of allylic oxidation sites excluding steroid dienone is 20. The lowest BCUT2D eigenvalue weighted by atomic mass is 10.1. The topological polar surface area (TPSA) is 72.8 Å². The van der Waals surface area contributed by atoms with Gasteiger partial charge in [-0.2, -0.15) is 0 Å². The predicted octanol–water partition coefficient (Wildman–Crippen LogP) is 14.4. The highest BCUT2D eigenvalue weighted by atomic mass is 16.6. The summed E-state index contributed by atoms with van der Waals surface area (Å²) >= 11 is 0. The Hall–Kier alpha value is -3.70. The zero-order valence-corrected chi connectivity index (χ0v) is 35.6. The average Bonchev–Trinajstić information content (AvgIpc) is 3.20. The van der Waals surface area contributed by atoms with Crippen molar-refractivity contribution in [3.8, 4) is 0 Å². The van der Waals surface area contributed by atoms with Gasteiger partial charge in [-0.25, -0.2) is 0 Å². The molecular formula is C51H80O5. The molecule has 0 rings (SSSR count). The first-order valence-corrected chi connectivity index (χ1v) is 22.1. The molecule has 0 aliphatic heterocycles. The summed E-state index contributed by atoms with van der Waals surface area (Å²) in [4.78, 5) is 24.3. The van der Waals surface area contributed by atoms with Crippen LogP contribution in [0.1, 0.15) is 168 Å². The average molecular weight is 773 g/mol. The van der Waals surface area contributed by atoms with Crippen LogP contribution in [-0.2, 0) is 19.1 Å². The Morgan fingerprint density at radius 1 is 0.429 bits per heavy atom. The Kier molecular flexibility index (Phi) is 42.7. The van der Waals surface area contributed by atoms with Crippen LogP contribution >= 0.6 is 0 Å². The number of carbonyl (C=O) groups excluding carboxylic acids is 2. The minimum absolute atomic E-state index is 0.0922. The van der Waals surface area contributed by atoms with Gasteiger partial charge in [0.15, 0.2) is 6.10 Å². The van der Waals surface area contributed by atoms with Crippen LogP contribution in [0.3, 0.4) is 0 Å². The van der Waals surface area contributed by atoms with Gasteiger partial charge in [0.05, 0.1) is 6.61 Å². The molecule has 0 heterocycles. The number of aliphatic hydroxyl groups excluding tert-OH is 1. The lowest BCUT2D eigenvalue weighted by Crippen LogP contribution is -2.28. The fourth-order valence-corrected chi connectivity index (χ4v) is 5.43. The predicted molar refractivity (Wildman–Crippen MR) is 241 cm³/mol. The highest BCUT2D eigenvalue weighted by molar-refractivity contribution is 5.70. The van der Waals surface area contributed by atoms with E-state index in [9.17, 15) is 14.7 Å². The molecule has 0 spiro atoms. The van der Waals surface area contributed by atoms with Crippen molar-refractivity contribution in [3.05, 3.63) is 122 Å². The number of aliphatic hydroxyl groups is 1. The number of unbranched alkanes of at least 4 members (excludes halogenated alkanes) is 10.